The van der Waals surface area contributed by atoms with Crippen molar-refractivity contribution in [3.8, 4) is 0 Å². The second kappa shape index (κ2) is 8.82. The molecule has 0 N–H and O–H groups in total. The van der Waals surface area contributed by atoms with Crippen LogP contribution in [0.1, 0.15) is 28.5 Å². The average molecular weight is 443 g/mol. The van der Waals surface area contributed by atoms with Crippen molar-refractivity contribution in [1.29, 1.82) is 0 Å². The molecule has 1 aromatic heterocycles. The second-order valence-electron chi connectivity index (χ2n) is 7.61. The molecule has 1 fully saturated rings. The second-order valence-corrected chi connectivity index (χ2v) is 9.40. The molecule has 0 radical (unpaired) electrons. The minimum Gasteiger partial charge on any atom is -0.461 e. The van der Waals surface area contributed by atoms with Gasteiger partial charge in [-0.2, -0.15) is 0 Å². The fourth-order valence-corrected chi connectivity index (χ4v) is 5.25. The van der Waals surface area contributed by atoms with Gasteiger partial charge in [-0.25, -0.2) is 17.2 Å². The fourth-order valence-electron chi connectivity index (χ4n) is 3.76. The largest absolute Gasteiger partial charge is 0.461 e. The number of hydrogen-bond acceptors (Lipinski definition) is 6. The van der Waals surface area contributed by atoms with Crippen LogP contribution in [0.3, 0.4) is 0 Å². The zero-order chi connectivity index (χ0) is 22.0. The number of hydrogen-bond donors (Lipinski definition) is 0. The predicted octanol–water partition coefficient (Wildman–Crippen LogP) is 3.20. The number of fused-ring (bicyclic) bond motifs is 1. The first-order valence-corrected chi connectivity index (χ1v) is 11.8. The fraction of sp³-hybridized carbons (Fsp3) is 0.348. The molecular formula is C23H26N2O5S. The summed E-state index contributed by atoms with van der Waals surface area (Å²) in [6.45, 7) is 7.46. The normalized spacial score (nSPS) is 15.3. The summed E-state index contributed by atoms with van der Waals surface area (Å²) in [5.41, 5.74) is 2.40. The van der Waals surface area contributed by atoms with Crippen molar-refractivity contribution in [2.45, 2.75) is 25.3 Å². The van der Waals surface area contributed by atoms with Gasteiger partial charge in [0.15, 0.2) is 0 Å². The van der Waals surface area contributed by atoms with Crippen LogP contribution >= 0.6 is 0 Å². The number of aryl methyl sites for hydroxylation is 1. The molecule has 1 saturated heterocycles. The van der Waals surface area contributed by atoms with Crippen LogP contribution in [0.25, 0.3) is 10.9 Å². The number of carbonyl (C=O) groups is 1. The molecule has 4 rings (SSSR count). The van der Waals surface area contributed by atoms with Crippen molar-refractivity contribution < 1.29 is 22.7 Å². The molecule has 7 nitrogen and oxygen atoms in total. The molecule has 0 spiro atoms. The number of esters is 1. The number of nitrogens with zero attached hydrogens (tertiary/aromatic N) is 2. The Morgan fingerprint density at radius 2 is 1.77 bits per heavy atom. The molecule has 1 aliphatic heterocycles. The van der Waals surface area contributed by atoms with Crippen molar-refractivity contribution in [3.05, 3.63) is 65.4 Å². The van der Waals surface area contributed by atoms with Gasteiger partial charge in [-0.3, -0.25) is 4.90 Å². The highest BCUT2D eigenvalue weighted by molar-refractivity contribution is 7.90. The first-order valence-electron chi connectivity index (χ1n) is 10.3. The van der Waals surface area contributed by atoms with Gasteiger partial charge in [-0.1, -0.05) is 29.8 Å². The molecule has 164 valence electrons. The van der Waals surface area contributed by atoms with E-state index in [9.17, 15) is 13.2 Å². The molecule has 0 aliphatic carbocycles. The Kier molecular flexibility index (Phi) is 6.13. The lowest BCUT2D eigenvalue weighted by molar-refractivity contribution is 0.0342. The Morgan fingerprint density at radius 3 is 2.45 bits per heavy atom. The molecule has 2 aromatic carbocycles. The van der Waals surface area contributed by atoms with Crippen LogP contribution in [-0.2, 0) is 26.0 Å². The van der Waals surface area contributed by atoms with Gasteiger partial charge >= 0.3 is 5.97 Å². The predicted molar refractivity (Wildman–Crippen MR) is 118 cm³/mol. The maximum Gasteiger partial charge on any atom is 0.356 e. The molecule has 31 heavy (non-hydrogen) atoms. The minimum atomic E-state index is -4.00. The topological polar surface area (TPSA) is 77.8 Å². The first kappa shape index (κ1) is 21.5. The van der Waals surface area contributed by atoms with Gasteiger partial charge in [0, 0.05) is 25.0 Å². The standard InChI is InChI=1S/C23H26N2O5S/c1-3-30-23(26)22-15-19-7-6-18(16-24-10-12-29-13-11-24)14-21(19)25(22)31(27,28)20-8-4-17(2)5-9-20/h4-9,14-15H,3,10-13,16H2,1-2H3. The van der Waals surface area contributed by atoms with Gasteiger partial charge in [0.25, 0.3) is 10.0 Å². The molecule has 0 atom stereocenters. The third-order valence-electron chi connectivity index (χ3n) is 5.38. The van der Waals surface area contributed by atoms with E-state index in [1.165, 1.54) is 0 Å². The van der Waals surface area contributed by atoms with Crippen LogP contribution < -0.4 is 0 Å². The van der Waals surface area contributed by atoms with Gasteiger partial charge in [-0.15, -0.1) is 0 Å². The maximum absolute atomic E-state index is 13.6. The first-order chi connectivity index (χ1) is 14.9. The lowest BCUT2D eigenvalue weighted by Gasteiger charge is -2.26. The Hall–Kier alpha value is -2.68. The van der Waals surface area contributed by atoms with Gasteiger partial charge in [0.05, 0.1) is 30.2 Å². The summed E-state index contributed by atoms with van der Waals surface area (Å²) in [5.74, 6) is -0.663. The third-order valence-corrected chi connectivity index (χ3v) is 7.12. The number of carbonyl (C=O) groups excluding carboxylic acids is 1. The van der Waals surface area contributed by atoms with Crippen LogP contribution in [0.15, 0.2) is 53.4 Å². The molecule has 8 heteroatoms. The van der Waals surface area contributed by atoms with Crippen molar-refractivity contribution in [2.24, 2.45) is 0 Å². The minimum absolute atomic E-state index is 0.000877. The van der Waals surface area contributed by atoms with Crippen molar-refractivity contribution >= 4 is 26.9 Å². The van der Waals surface area contributed by atoms with Gasteiger partial charge in [-0.05, 0) is 43.7 Å². The van der Waals surface area contributed by atoms with E-state index in [-0.39, 0.29) is 17.2 Å². The van der Waals surface area contributed by atoms with E-state index in [4.69, 9.17) is 9.47 Å². The Bertz CT molecular complexity index is 1190. The molecule has 2 heterocycles. The SMILES string of the molecule is CCOC(=O)c1cc2ccc(CN3CCOCC3)cc2n1S(=O)(=O)c1ccc(C)cc1. The van der Waals surface area contributed by atoms with Crippen molar-refractivity contribution in [1.82, 2.24) is 8.87 Å². The lowest BCUT2D eigenvalue weighted by Crippen LogP contribution is -2.35. The number of ether oxygens (including phenoxy) is 2. The van der Waals surface area contributed by atoms with Crippen LogP contribution in [0, 0.1) is 6.92 Å². The maximum atomic E-state index is 13.6. The highest BCUT2D eigenvalue weighted by Gasteiger charge is 2.27. The van der Waals surface area contributed by atoms with Crippen LogP contribution in [0.5, 0.6) is 0 Å². The van der Waals surface area contributed by atoms with E-state index >= 15 is 0 Å². The van der Waals surface area contributed by atoms with E-state index in [2.05, 4.69) is 4.90 Å². The van der Waals surface area contributed by atoms with E-state index < -0.39 is 16.0 Å². The average Bonchev–Trinajstić information content (AvgIpc) is 3.15. The summed E-state index contributed by atoms with van der Waals surface area (Å²) in [6, 6.07) is 13.9. The van der Waals surface area contributed by atoms with Crippen LogP contribution in [0.4, 0.5) is 0 Å². The molecule has 0 bridgehead atoms. The smallest absolute Gasteiger partial charge is 0.356 e. The van der Waals surface area contributed by atoms with E-state index in [0.29, 0.717) is 30.7 Å². The van der Waals surface area contributed by atoms with Crippen LogP contribution in [-0.4, -0.2) is 56.2 Å². The monoisotopic (exact) mass is 442 g/mol. The number of rotatable bonds is 6. The molecule has 0 saturated carbocycles. The quantitative estimate of drug-likeness (QED) is 0.546. The van der Waals surface area contributed by atoms with Crippen molar-refractivity contribution in [2.75, 3.05) is 32.9 Å². The van der Waals surface area contributed by atoms with Crippen LogP contribution in [0.2, 0.25) is 0 Å². The summed E-state index contributed by atoms with van der Waals surface area (Å²) in [6.07, 6.45) is 0. The molecule has 3 aromatic rings. The van der Waals surface area contributed by atoms with E-state index in [1.807, 2.05) is 25.1 Å². The summed E-state index contributed by atoms with van der Waals surface area (Å²) in [4.78, 5) is 15.0. The summed E-state index contributed by atoms with van der Waals surface area (Å²) < 4.78 is 38.8. The molecule has 0 amide bonds. The van der Waals surface area contributed by atoms with E-state index in [1.54, 1.807) is 37.3 Å². The number of benzene rings is 2. The zero-order valence-corrected chi connectivity index (χ0v) is 18.5. The Morgan fingerprint density at radius 1 is 1.06 bits per heavy atom. The third kappa shape index (κ3) is 4.37. The Labute approximate surface area is 182 Å². The Balaban J connectivity index is 1.84. The lowest BCUT2D eigenvalue weighted by atomic mass is 10.1. The van der Waals surface area contributed by atoms with Crippen molar-refractivity contribution in [3.63, 3.8) is 0 Å². The molecule has 0 unspecified atom stereocenters. The molecular weight excluding hydrogens is 416 g/mol. The van der Waals surface area contributed by atoms with Gasteiger partial charge in [0.1, 0.15) is 5.69 Å². The van der Waals surface area contributed by atoms with Gasteiger partial charge in [0.2, 0.25) is 0 Å². The number of morpholine rings is 1. The number of aromatic nitrogens is 1. The molecule has 1 aliphatic rings. The highest BCUT2D eigenvalue weighted by Crippen LogP contribution is 2.28. The summed E-state index contributed by atoms with van der Waals surface area (Å²) >= 11 is 0. The van der Waals surface area contributed by atoms with E-state index in [0.717, 1.165) is 28.2 Å². The zero-order valence-electron chi connectivity index (χ0n) is 17.7. The summed E-state index contributed by atoms with van der Waals surface area (Å²) in [5, 5.41) is 0.671. The van der Waals surface area contributed by atoms with Gasteiger partial charge < -0.3 is 9.47 Å². The highest BCUT2D eigenvalue weighted by atomic mass is 32.2. The summed E-state index contributed by atoms with van der Waals surface area (Å²) in [7, 11) is -4.00.